The highest BCUT2D eigenvalue weighted by molar-refractivity contribution is 6.31. The molecule has 0 atom stereocenters. The second kappa shape index (κ2) is 5.19. The van der Waals surface area contributed by atoms with Crippen LogP contribution in [0.4, 0.5) is 4.39 Å². The van der Waals surface area contributed by atoms with E-state index in [1.807, 2.05) is 0 Å². The van der Waals surface area contributed by atoms with Crippen LogP contribution >= 0.6 is 11.6 Å². The van der Waals surface area contributed by atoms with Crippen LogP contribution in [0, 0.1) is 5.82 Å². The van der Waals surface area contributed by atoms with E-state index in [-0.39, 0.29) is 5.56 Å². The average Bonchev–Trinajstić information content (AvgIpc) is 2.39. The van der Waals surface area contributed by atoms with Crippen LogP contribution in [0.15, 0.2) is 36.4 Å². The third-order valence-electron chi connectivity index (χ3n) is 2.60. The van der Waals surface area contributed by atoms with E-state index < -0.39 is 5.82 Å². The summed E-state index contributed by atoms with van der Waals surface area (Å²) in [5.74, 6) is 0.0672. The number of benzene rings is 2. The van der Waals surface area contributed by atoms with Gasteiger partial charge in [0.2, 0.25) is 0 Å². The third-order valence-corrected chi connectivity index (χ3v) is 2.83. The van der Waals surface area contributed by atoms with Gasteiger partial charge >= 0.3 is 0 Å². The fourth-order valence-electron chi connectivity index (χ4n) is 1.71. The molecule has 0 saturated carbocycles. The summed E-state index contributed by atoms with van der Waals surface area (Å²) >= 11 is 5.93. The molecule has 0 N–H and O–H groups in total. The minimum Gasteiger partial charge on any atom is -0.496 e. The van der Waals surface area contributed by atoms with Gasteiger partial charge in [0.05, 0.1) is 12.7 Å². The molecule has 92 valence electrons. The lowest BCUT2D eigenvalue weighted by molar-refractivity contribution is 0.112. The molecule has 0 saturated heterocycles. The number of aldehydes is 1. The largest absolute Gasteiger partial charge is 0.496 e. The number of hydrogen-bond donors (Lipinski definition) is 0. The van der Waals surface area contributed by atoms with Crippen molar-refractivity contribution >= 4 is 17.9 Å². The summed E-state index contributed by atoms with van der Waals surface area (Å²) in [6.45, 7) is 0. The van der Waals surface area contributed by atoms with Crippen LogP contribution in [-0.2, 0) is 0 Å². The van der Waals surface area contributed by atoms with E-state index in [9.17, 15) is 9.18 Å². The zero-order valence-electron chi connectivity index (χ0n) is 9.61. The molecule has 18 heavy (non-hydrogen) atoms. The normalized spacial score (nSPS) is 10.2. The van der Waals surface area contributed by atoms with Crippen LogP contribution in [0.25, 0.3) is 11.1 Å². The molecule has 0 amide bonds. The van der Waals surface area contributed by atoms with Crippen LogP contribution in [-0.4, -0.2) is 13.4 Å². The van der Waals surface area contributed by atoms with Gasteiger partial charge in [0.25, 0.3) is 0 Å². The number of methoxy groups -OCH3 is 1. The van der Waals surface area contributed by atoms with Crippen molar-refractivity contribution in [3.8, 4) is 16.9 Å². The number of halogens is 2. The molecule has 2 aromatic rings. The maximum atomic E-state index is 13.3. The Hall–Kier alpha value is -1.87. The molecule has 2 rings (SSSR count). The SMILES string of the molecule is COc1ccc(Cl)cc1-c1ccc(F)c(C=O)c1. The molecule has 2 aromatic carbocycles. The number of carbonyl (C=O) groups excluding carboxylic acids is 1. The van der Waals surface area contributed by atoms with Crippen LogP contribution in [0.5, 0.6) is 5.75 Å². The number of carbonyl (C=O) groups is 1. The Kier molecular flexibility index (Phi) is 3.63. The average molecular weight is 265 g/mol. The van der Waals surface area contributed by atoms with Crippen molar-refractivity contribution in [1.82, 2.24) is 0 Å². The fraction of sp³-hybridized carbons (Fsp3) is 0.0714. The van der Waals surface area contributed by atoms with Gasteiger partial charge in [0, 0.05) is 10.6 Å². The van der Waals surface area contributed by atoms with Crippen molar-refractivity contribution in [3.05, 3.63) is 52.8 Å². The molecule has 0 bridgehead atoms. The van der Waals surface area contributed by atoms with Gasteiger partial charge in [0.15, 0.2) is 6.29 Å². The van der Waals surface area contributed by atoms with E-state index in [4.69, 9.17) is 16.3 Å². The van der Waals surface area contributed by atoms with Crippen molar-refractivity contribution in [1.29, 1.82) is 0 Å². The maximum Gasteiger partial charge on any atom is 0.153 e. The Morgan fingerprint density at radius 1 is 1.22 bits per heavy atom. The van der Waals surface area contributed by atoms with E-state index in [0.29, 0.717) is 28.2 Å². The topological polar surface area (TPSA) is 26.3 Å². The van der Waals surface area contributed by atoms with E-state index >= 15 is 0 Å². The van der Waals surface area contributed by atoms with Crippen LogP contribution in [0.3, 0.4) is 0 Å². The van der Waals surface area contributed by atoms with Crippen LogP contribution in [0.1, 0.15) is 10.4 Å². The molecule has 2 nitrogen and oxygen atoms in total. The molecule has 0 aliphatic heterocycles. The molecule has 0 heterocycles. The minimum atomic E-state index is -0.547. The van der Waals surface area contributed by atoms with Crippen LogP contribution < -0.4 is 4.74 Å². The first kappa shape index (κ1) is 12.6. The van der Waals surface area contributed by atoms with Gasteiger partial charge in [-0.1, -0.05) is 17.7 Å². The number of rotatable bonds is 3. The molecule has 0 spiro atoms. The molecular weight excluding hydrogens is 255 g/mol. The Morgan fingerprint density at radius 3 is 2.67 bits per heavy atom. The number of hydrogen-bond acceptors (Lipinski definition) is 2. The predicted molar refractivity (Wildman–Crippen MR) is 68.8 cm³/mol. The minimum absolute atomic E-state index is 0.00882. The summed E-state index contributed by atoms with van der Waals surface area (Å²) < 4.78 is 18.5. The monoisotopic (exact) mass is 264 g/mol. The van der Waals surface area contributed by atoms with Crippen molar-refractivity contribution in [2.75, 3.05) is 7.11 Å². The van der Waals surface area contributed by atoms with E-state index in [1.54, 1.807) is 24.3 Å². The predicted octanol–water partition coefficient (Wildman–Crippen LogP) is 3.97. The summed E-state index contributed by atoms with van der Waals surface area (Å²) in [6.07, 6.45) is 0.482. The lowest BCUT2D eigenvalue weighted by Crippen LogP contribution is -1.91. The van der Waals surface area contributed by atoms with Crippen LogP contribution in [0.2, 0.25) is 5.02 Å². The molecule has 0 aromatic heterocycles. The Labute approximate surface area is 109 Å². The first-order valence-electron chi connectivity index (χ1n) is 5.24. The highest BCUT2D eigenvalue weighted by atomic mass is 35.5. The Morgan fingerprint density at radius 2 is 2.00 bits per heavy atom. The van der Waals surface area contributed by atoms with E-state index in [2.05, 4.69) is 0 Å². The third kappa shape index (κ3) is 2.36. The summed E-state index contributed by atoms with van der Waals surface area (Å²) in [4.78, 5) is 10.7. The van der Waals surface area contributed by atoms with E-state index in [0.717, 1.165) is 0 Å². The number of ether oxygens (including phenoxy) is 1. The Bertz CT molecular complexity index is 596. The molecular formula is C14H10ClFO2. The highest BCUT2D eigenvalue weighted by Crippen LogP contribution is 2.33. The fourth-order valence-corrected chi connectivity index (χ4v) is 1.88. The quantitative estimate of drug-likeness (QED) is 0.784. The first-order valence-corrected chi connectivity index (χ1v) is 5.62. The smallest absolute Gasteiger partial charge is 0.153 e. The molecule has 0 unspecified atom stereocenters. The standard InChI is InChI=1S/C14H10ClFO2/c1-18-14-5-3-11(15)7-12(14)9-2-4-13(16)10(6-9)8-17/h2-8H,1H3. The van der Waals surface area contributed by atoms with Crippen molar-refractivity contribution in [2.45, 2.75) is 0 Å². The lowest BCUT2D eigenvalue weighted by Gasteiger charge is -2.09. The second-order valence-corrected chi connectivity index (χ2v) is 4.14. The van der Waals surface area contributed by atoms with Gasteiger partial charge in [0.1, 0.15) is 11.6 Å². The second-order valence-electron chi connectivity index (χ2n) is 3.70. The maximum absolute atomic E-state index is 13.3. The molecule has 4 heteroatoms. The van der Waals surface area contributed by atoms with Crippen molar-refractivity contribution in [2.24, 2.45) is 0 Å². The lowest BCUT2D eigenvalue weighted by atomic mass is 10.0. The van der Waals surface area contributed by atoms with E-state index in [1.165, 1.54) is 19.2 Å². The summed E-state index contributed by atoms with van der Waals surface area (Å²) in [5.41, 5.74) is 1.40. The van der Waals surface area contributed by atoms with Gasteiger partial charge in [-0.05, 0) is 35.9 Å². The highest BCUT2D eigenvalue weighted by Gasteiger charge is 2.09. The van der Waals surface area contributed by atoms with Gasteiger partial charge in [-0.15, -0.1) is 0 Å². The summed E-state index contributed by atoms with van der Waals surface area (Å²) in [6, 6.07) is 9.43. The van der Waals surface area contributed by atoms with Gasteiger partial charge in [-0.3, -0.25) is 4.79 Å². The molecule has 0 aliphatic carbocycles. The van der Waals surface area contributed by atoms with Crippen molar-refractivity contribution in [3.63, 3.8) is 0 Å². The van der Waals surface area contributed by atoms with Gasteiger partial charge < -0.3 is 4.74 Å². The molecule has 0 radical (unpaired) electrons. The zero-order valence-corrected chi connectivity index (χ0v) is 10.4. The zero-order chi connectivity index (χ0) is 13.1. The first-order chi connectivity index (χ1) is 8.65. The van der Waals surface area contributed by atoms with Gasteiger partial charge in [-0.25, -0.2) is 4.39 Å². The summed E-state index contributed by atoms with van der Waals surface area (Å²) in [7, 11) is 1.54. The summed E-state index contributed by atoms with van der Waals surface area (Å²) in [5, 5.41) is 0.544. The van der Waals surface area contributed by atoms with Crippen molar-refractivity contribution < 1.29 is 13.9 Å². The molecule has 0 aliphatic rings. The molecule has 0 fully saturated rings. The van der Waals surface area contributed by atoms with Gasteiger partial charge in [-0.2, -0.15) is 0 Å². The Balaban J connectivity index is 2.60.